The first-order valence-corrected chi connectivity index (χ1v) is 7.91. The van der Waals surface area contributed by atoms with Gasteiger partial charge in [-0.3, -0.25) is 9.80 Å². The molecule has 20 heavy (non-hydrogen) atoms. The van der Waals surface area contributed by atoms with Crippen molar-refractivity contribution in [3.05, 3.63) is 36.0 Å². The van der Waals surface area contributed by atoms with Crippen molar-refractivity contribution in [3.63, 3.8) is 0 Å². The number of piperazine rings is 1. The first-order chi connectivity index (χ1) is 9.40. The van der Waals surface area contributed by atoms with Gasteiger partial charge < -0.3 is 0 Å². The Bertz CT molecular complexity index is 425. The molecule has 1 aliphatic carbocycles. The van der Waals surface area contributed by atoms with Crippen LogP contribution in [0.3, 0.4) is 0 Å². The van der Waals surface area contributed by atoms with Gasteiger partial charge in [-0.25, -0.2) is 0 Å². The lowest BCUT2D eigenvalue weighted by Gasteiger charge is -2.49. The molecular formula is C18H30N2. The summed E-state index contributed by atoms with van der Waals surface area (Å²) in [5.41, 5.74) is 3.00. The van der Waals surface area contributed by atoms with E-state index in [2.05, 4.69) is 69.2 Å². The first kappa shape index (κ1) is 15.5. The Hall–Kier alpha value is -0.860. The van der Waals surface area contributed by atoms with Crippen molar-refractivity contribution in [2.24, 2.45) is 5.92 Å². The Labute approximate surface area is 124 Å². The number of rotatable bonds is 5. The lowest BCUT2D eigenvalue weighted by atomic mass is 9.74. The van der Waals surface area contributed by atoms with Gasteiger partial charge in [-0.05, 0) is 38.8 Å². The van der Waals surface area contributed by atoms with E-state index >= 15 is 0 Å². The molecule has 2 nitrogen and oxygen atoms in total. The van der Waals surface area contributed by atoms with E-state index in [1.165, 1.54) is 24.2 Å². The predicted octanol–water partition coefficient (Wildman–Crippen LogP) is 3.48. The third-order valence-electron chi connectivity index (χ3n) is 5.45. The summed E-state index contributed by atoms with van der Waals surface area (Å²) in [5.74, 6) is 0.510. The normalized spacial score (nSPS) is 25.5. The maximum atomic E-state index is 4.15. The smallest absolute Gasteiger partial charge is 0.0427 e. The molecule has 2 heteroatoms. The zero-order chi connectivity index (χ0) is 14.9. The summed E-state index contributed by atoms with van der Waals surface area (Å²) in [7, 11) is 0. The van der Waals surface area contributed by atoms with E-state index in [1.54, 1.807) is 0 Å². The van der Waals surface area contributed by atoms with Gasteiger partial charge in [0.15, 0.2) is 0 Å². The zero-order valence-corrected chi connectivity index (χ0v) is 13.8. The molecule has 0 radical (unpaired) electrons. The number of nitrogens with zero attached hydrogens (tertiary/aromatic N) is 2. The molecule has 1 fully saturated rings. The predicted molar refractivity (Wildman–Crippen MR) is 87.9 cm³/mol. The van der Waals surface area contributed by atoms with Crippen molar-refractivity contribution in [1.82, 2.24) is 9.80 Å². The standard InChI is InChI=1S/C18H30N2/c1-7-18(6,16(5)17-9-8-15(17)4)20-12-10-19(11-13-20)14(2)3/h7-9,14,16H,1,10-13H2,2-6H3/t16-,18?/m0/s1. The molecule has 112 valence electrons. The lowest BCUT2D eigenvalue weighted by Crippen LogP contribution is -2.58. The van der Waals surface area contributed by atoms with Crippen molar-refractivity contribution in [2.75, 3.05) is 26.2 Å². The molecule has 1 unspecified atom stereocenters. The second-order valence-electron chi connectivity index (χ2n) is 6.74. The number of hydrogen-bond acceptors (Lipinski definition) is 2. The highest BCUT2D eigenvalue weighted by Crippen LogP contribution is 2.38. The van der Waals surface area contributed by atoms with Gasteiger partial charge in [0.05, 0.1) is 0 Å². The summed E-state index contributed by atoms with van der Waals surface area (Å²) in [6, 6.07) is 0.657. The molecule has 0 aromatic rings. The highest BCUT2D eigenvalue weighted by Gasteiger charge is 2.39. The second-order valence-corrected chi connectivity index (χ2v) is 6.74. The van der Waals surface area contributed by atoms with Gasteiger partial charge in [0.2, 0.25) is 0 Å². The average Bonchev–Trinajstić information content (AvgIpc) is 2.44. The Morgan fingerprint density at radius 3 is 2.10 bits per heavy atom. The van der Waals surface area contributed by atoms with Crippen molar-refractivity contribution in [1.29, 1.82) is 0 Å². The van der Waals surface area contributed by atoms with E-state index in [0.717, 1.165) is 13.1 Å². The number of hydrogen-bond donors (Lipinski definition) is 0. The molecule has 0 aromatic carbocycles. The second kappa shape index (κ2) is 5.87. The molecule has 1 saturated heterocycles. The fourth-order valence-corrected chi connectivity index (χ4v) is 3.45. The minimum Gasteiger partial charge on any atom is -0.298 e. The summed E-state index contributed by atoms with van der Waals surface area (Å²) >= 11 is 0. The molecule has 2 aliphatic rings. The van der Waals surface area contributed by atoms with Crippen LogP contribution < -0.4 is 0 Å². The van der Waals surface area contributed by atoms with Crippen molar-refractivity contribution in [2.45, 2.75) is 46.2 Å². The Morgan fingerprint density at radius 2 is 1.75 bits per heavy atom. The van der Waals surface area contributed by atoms with E-state index in [1.807, 2.05) is 0 Å². The fourth-order valence-electron chi connectivity index (χ4n) is 3.45. The van der Waals surface area contributed by atoms with Crippen molar-refractivity contribution >= 4 is 0 Å². The quantitative estimate of drug-likeness (QED) is 0.708. The summed E-state index contributed by atoms with van der Waals surface area (Å²) in [6.07, 6.45) is 6.65. The molecule has 2 atom stereocenters. The maximum Gasteiger partial charge on any atom is 0.0427 e. The monoisotopic (exact) mass is 274 g/mol. The van der Waals surface area contributed by atoms with Crippen LogP contribution in [0.15, 0.2) is 36.0 Å². The highest BCUT2D eigenvalue weighted by atomic mass is 15.3. The van der Waals surface area contributed by atoms with Gasteiger partial charge in [0.1, 0.15) is 0 Å². The van der Waals surface area contributed by atoms with E-state index < -0.39 is 0 Å². The van der Waals surface area contributed by atoms with Gasteiger partial charge in [-0.15, -0.1) is 6.58 Å². The fraction of sp³-hybridized carbons (Fsp3) is 0.667. The highest BCUT2D eigenvalue weighted by molar-refractivity contribution is 5.47. The number of allylic oxidation sites excluding steroid dienone is 3. The van der Waals surface area contributed by atoms with Crippen LogP contribution in [-0.2, 0) is 0 Å². The Balaban J connectivity index is 2.06. The SMILES string of the molecule is C=CC(C)([C@@H](C)C1=CC=C1C)N1CCN(C(C)C)CC1. The topological polar surface area (TPSA) is 6.48 Å². The van der Waals surface area contributed by atoms with Crippen LogP contribution in [0.1, 0.15) is 34.6 Å². The molecule has 0 N–H and O–H groups in total. The molecule has 2 rings (SSSR count). The van der Waals surface area contributed by atoms with E-state index in [0.29, 0.717) is 12.0 Å². The molecule has 0 amide bonds. The van der Waals surface area contributed by atoms with Crippen LogP contribution in [0.4, 0.5) is 0 Å². The van der Waals surface area contributed by atoms with Gasteiger partial charge >= 0.3 is 0 Å². The van der Waals surface area contributed by atoms with Crippen LogP contribution in [-0.4, -0.2) is 47.6 Å². The molecule has 0 aromatic heterocycles. The van der Waals surface area contributed by atoms with Crippen molar-refractivity contribution in [3.8, 4) is 0 Å². The van der Waals surface area contributed by atoms with Crippen molar-refractivity contribution < 1.29 is 0 Å². The molecule has 0 saturated carbocycles. The van der Waals surface area contributed by atoms with Gasteiger partial charge in [-0.1, -0.05) is 25.2 Å². The van der Waals surface area contributed by atoms with Crippen LogP contribution >= 0.6 is 0 Å². The van der Waals surface area contributed by atoms with Gasteiger partial charge in [-0.2, -0.15) is 0 Å². The third-order valence-corrected chi connectivity index (χ3v) is 5.45. The van der Waals surface area contributed by atoms with E-state index in [4.69, 9.17) is 0 Å². The summed E-state index contributed by atoms with van der Waals surface area (Å²) in [4.78, 5) is 5.19. The Morgan fingerprint density at radius 1 is 1.15 bits per heavy atom. The van der Waals surface area contributed by atoms with Gasteiger partial charge in [0.25, 0.3) is 0 Å². The largest absolute Gasteiger partial charge is 0.298 e. The Kier molecular flexibility index (Phi) is 4.55. The summed E-state index contributed by atoms with van der Waals surface area (Å²) < 4.78 is 0. The van der Waals surface area contributed by atoms with Crippen LogP contribution in [0.5, 0.6) is 0 Å². The first-order valence-electron chi connectivity index (χ1n) is 7.91. The van der Waals surface area contributed by atoms with Crippen LogP contribution in [0.25, 0.3) is 0 Å². The molecule has 1 heterocycles. The zero-order valence-electron chi connectivity index (χ0n) is 13.8. The molecule has 0 bridgehead atoms. The van der Waals surface area contributed by atoms with E-state index in [9.17, 15) is 0 Å². The minimum absolute atomic E-state index is 0.0599. The lowest BCUT2D eigenvalue weighted by molar-refractivity contribution is 0.0362. The third kappa shape index (κ3) is 2.64. The molecular weight excluding hydrogens is 244 g/mol. The van der Waals surface area contributed by atoms with Crippen LogP contribution in [0.2, 0.25) is 0 Å². The van der Waals surface area contributed by atoms with Gasteiger partial charge in [0, 0.05) is 43.7 Å². The molecule has 1 aliphatic heterocycles. The molecule has 0 spiro atoms. The minimum atomic E-state index is 0.0599. The van der Waals surface area contributed by atoms with Crippen LogP contribution in [0, 0.1) is 5.92 Å². The summed E-state index contributed by atoms with van der Waals surface area (Å²) in [5, 5.41) is 0. The maximum absolute atomic E-state index is 4.15. The van der Waals surface area contributed by atoms with E-state index in [-0.39, 0.29) is 5.54 Å². The summed E-state index contributed by atoms with van der Waals surface area (Å²) in [6.45, 7) is 20.3. The average molecular weight is 274 g/mol.